The second-order valence-corrected chi connectivity index (χ2v) is 6.99. The molecule has 1 aliphatic rings. The number of aromatic nitrogens is 2. The molecule has 2 aromatic heterocycles. The van der Waals surface area contributed by atoms with Gasteiger partial charge in [0.1, 0.15) is 17.4 Å². The van der Waals surface area contributed by atoms with E-state index in [1.165, 1.54) is 0 Å². The van der Waals surface area contributed by atoms with Gasteiger partial charge in [0.05, 0.1) is 16.3 Å². The minimum atomic E-state index is -0.792. The lowest BCUT2D eigenvalue weighted by Crippen LogP contribution is -2.30. The fraction of sp³-hybridized carbons (Fsp3) is 0.294. The van der Waals surface area contributed by atoms with E-state index in [0.717, 1.165) is 17.3 Å². The molecule has 0 aromatic carbocycles. The molecule has 0 spiro atoms. The smallest absolute Gasteiger partial charge is 0.284 e. The predicted molar refractivity (Wildman–Crippen MR) is 99.0 cm³/mol. The van der Waals surface area contributed by atoms with E-state index in [4.69, 9.17) is 23.2 Å². The van der Waals surface area contributed by atoms with Gasteiger partial charge in [-0.1, -0.05) is 37.0 Å². The van der Waals surface area contributed by atoms with Crippen LogP contribution in [0.2, 0.25) is 5.15 Å². The van der Waals surface area contributed by atoms with Gasteiger partial charge >= 0.3 is 0 Å². The highest BCUT2D eigenvalue weighted by Crippen LogP contribution is 2.43. The Morgan fingerprint density at radius 2 is 2.08 bits per heavy atom. The fourth-order valence-corrected chi connectivity index (χ4v) is 3.34. The van der Waals surface area contributed by atoms with Crippen LogP contribution >= 0.6 is 23.2 Å². The van der Waals surface area contributed by atoms with Crippen molar-refractivity contribution < 1.29 is 9.31 Å². The summed E-state index contributed by atoms with van der Waals surface area (Å²) >= 11 is 12.0. The molecule has 0 aliphatic carbocycles. The van der Waals surface area contributed by atoms with Gasteiger partial charge in [-0.15, -0.1) is 0 Å². The Morgan fingerprint density at radius 1 is 1.38 bits per heavy atom. The van der Waals surface area contributed by atoms with Crippen molar-refractivity contribution in [2.75, 3.05) is 11.4 Å². The van der Waals surface area contributed by atoms with Crippen LogP contribution in [0, 0.1) is 22.9 Å². The van der Waals surface area contributed by atoms with Gasteiger partial charge in [0.25, 0.3) is 5.70 Å². The molecule has 0 bridgehead atoms. The molecular formula is C17H15Cl2FN4O2. The number of halogens is 3. The van der Waals surface area contributed by atoms with Crippen molar-refractivity contribution in [2.45, 2.75) is 26.7 Å². The number of rotatable bonds is 3. The molecule has 2 aromatic rings. The molecule has 0 saturated carbocycles. The first-order chi connectivity index (χ1) is 12.2. The molecule has 3 heterocycles. The first-order valence-corrected chi connectivity index (χ1v) is 8.60. The molecule has 136 valence electrons. The molecule has 3 rings (SSSR count). The van der Waals surface area contributed by atoms with Crippen molar-refractivity contribution in [3.8, 4) is 0 Å². The first-order valence-electron chi connectivity index (χ1n) is 7.84. The Bertz CT molecular complexity index is 947. The van der Waals surface area contributed by atoms with E-state index in [2.05, 4.69) is 9.97 Å². The molecule has 0 radical (unpaired) electrons. The van der Waals surface area contributed by atoms with Crippen molar-refractivity contribution >= 4 is 39.7 Å². The molecule has 9 heteroatoms. The average Bonchev–Trinajstić information content (AvgIpc) is 2.57. The van der Waals surface area contributed by atoms with E-state index in [1.807, 2.05) is 20.8 Å². The summed E-state index contributed by atoms with van der Waals surface area (Å²) in [5.41, 5.74) is 2.18. The highest BCUT2D eigenvalue weighted by atomic mass is 35.5. The zero-order valence-electron chi connectivity index (χ0n) is 14.3. The predicted octanol–water partition coefficient (Wildman–Crippen LogP) is 5.04. The number of nitrogens with zero attached hydrogens (tertiary/aromatic N) is 4. The summed E-state index contributed by atoms with van der Waals surface area (Å²) in [6.07, 6.45) is 1.68. The Balaban J connectivity index is 2.33. The second kappa shape index (κ2) is 6.81. The lowest BCUT2D eigenvalue weighted by Gasteiger charge is -2.31. The van der Waals surface area contributed by atoms with Gasteiger partial charge in [-0.3, -0.25) is 15.1 Å². The summed E-state index contributed by atoms with van der Waals surface area (Å²) in [6.45, 7) is 5.69. The van der Waals surface area contributed by atoms with Crippen LogP contribution in [0.25, 0.3) is 5.03 Å². The third-order valence-electron chi connectivity index (χ3n) is 4.16. The summed E-state index contributed by atoms with van der Waals surface area (Å²) in [7, 11) is 0. The molecule has 0 amide bonds. The van der Waals surface area contributed by atoms with Crippen LogP contribution in [0.5, 0.6) is 0 Å². The third kappa shape index (κ3) is 3.01. The van der Waals surface area contributed by atoms with E-state index < -0.39 is 10.7 Å². The van der Waals surface area contributed by atoms with Crippen molar-refractivity contribution in [3.05, 3.63) is 61.9 Å². The Kier molecular flexibility index (Phi) is 4.86. The first kappa shape index (κ1) is 18.5. The monoisotopic (exact) mass is 396 g/mol. The van der Waals surface area contributed by atoms with Gasteiger partial charge in [-0.2, -0.15) is 0 Å². The van der Waals surface area contributed by atoms with Crippen molar-refractivity contribution in [3.63, 3.8) is 0 Å². The van der Waals surface area contributed by atoms with Crippen LogP contribution in [0.4, 0.5) is 15.9 Å². The standard InChI is InChI=1S/C17H15Cl2FN4O2/c1-8(2)14-15(9(3)4-5-21-14)23-7-12(24(25)26)13(18)10-6-11(20)16(19)22-17(10)23/h4-6,8H,7H2,1-3H3. The number of nitro groups is 1. The van der Waals surface area contributed by atoms with Crippen molar-refractivity contribution in [2.24, 2.45) is 0 Å². The molecule has 0 saturated heterocycles. The summed E-state index contributed by atoms with van der Waals surface area (Å²) in [5, 5.41) is 11.0. The quantitative estimate of drug-likeness (QED) is 0.412. The minimum absolute atomic E-state index is 0.0599. The Morgan fingerprint density at radius 3 is 2.69 bits per heavy atom. The third-order valence-corrected chi connectivity index (χ3v) is 4.84. The minimum Gasteiger partial charge on any atom is -0.313 e. The Labute approximate surface area is 159 Å². The average molecular weight is 397 g/mol. The highest BCUT2D eigenvalue weighted by Gasteiger charge is 2.35. The summed E-state index contributed by atoms with van der Waals surface area (Å²) in [6, 6.07) is 2.88. The zero-order valence-corrected chi connectivity index (χ0v) is 15.8. The maximum atomic E-state index is 13.9. The van der Waals surface area contributed by atoms with Gasteiger partial charge in [0.15, 0.2) is 11.0 Å². The number of pyridine rings is 2. The summed E-state index contributed by atoms with van der Waals surface area (Å²) in [5.74, 6) is -0.463. The molecule has 0 atom stereocenters. The number of aryl methyl sites for hydroxylation is 1. The van der Waals surface area contributed by atoms with E-state index in [0.29, 0.717) is 5.69 Å². The van der Waals surface area contributed by atoms with Crippen LogP contribution in [0.3, 0.4) is 0 Å². The van der Waals surface area contributed by atoms with Crippen LogP contribution in [-0.4, -0.2) is 21.4 Å². The van der Waals surface area contributed by atoms with Crippen LogP contribution in [0.1, 0.15) is 36.6 Å². The lowest BCUT2D eigenvalue weighted by atomic mass is 10.0. The molecular weight excluding hydrogens is 382 g/mol. The molecule has 1 aliphatic heterocycles. The Hall–Kier alpha value is -2.25. The normalized spacial score (nSPS) is 14.0. The van der Waals surface area contributed by atoms with E-state index in [-0.39, 0.29) is 39.7 Å². The summed E-state index contributed by atoms with van der Waals surface area (Å²) in [4.78, 5) is 21.1. The molecule has 26 heavy (non-hydrogen) atoms. The van der Waals surface area contributed by atoms with Gasteiger partial charge in [-0.05, 0) is 30.5 Å². The van der Waals surface area contributed by atoms with Crippen molar-refractivity contribution in [1.82, 2.24) is 9.97 Å². The largest absolute Gasteiger partial charge is 0.313 e. The fourth-order valence-electron chi connectivity index (χ4n) is 2.94. The molecule has 0 N–H and O–H groups in total. The van der Waals surface area contributed by atoms with E-state index >= 15 is 0 Å². The zero-order chi connectivity index (χ0) is 19.2. The summed E-state index contributed by atoms with van der Waals surface area (Å²) < 4.78 is 13.9. The van der Waals surface area contributed by atoms with E-state index in [9.17, 15) is 14.5 Å². The van der Waals surface area contributed by atoms with E-state index in [1.54, 1.807) is 17.2 Å². The van der Waals surface area contributed by atoms with Gasteiger partial charge in [0, 0.05) is 11.8 Å². The maximum Gasteiger partial charge on any atom is 0.284 e. The number of hydrogen-bond donors (Lipinski definition) is 0. The molecule has 6 nitrogen and oxygen atoms in total. The number of anilines is 2. The number of fused-ring (bicyclic) bond motifs is 1. The highest BCUT2D eigenvalue weighted by molar-refractivity contribution is 6.50. The van der Waals surface area contributed by atoms with Gasteiger partial charge in [0.2, 0.25) is 0 Å². The maximum absolute atomic E-state index is 13.9. The molecule has 0 unspecified atom stereocenters. The van der Waals surface area contributed by atoms with Gasteiger partial charge < -0.3 is 4.90 Å². The van der Waals surface area contributed by atoms with Gasteiger partial charge in [-0.25, -0.2) is 9.37 Å². The van der Waals surface area contributed by atoms with Crippen LogP contribution < -0.4 is 4.90 Å². The SMILES string of the molecule is Cc1ccnc(C(C)C)c1N1CC([N+](=O)[O-])=C(Cl)c2cc(F)c(Cl)nc21. The lowest BCUT2D eigenvalue weighted by molar-refractivity contribution is -0.424. The topological polar surface area (TPSA) is 72.2 Å². The second-order valence-electron chi connectivity index (χ2n) is 6.25. The molecule has 0 fully saturated rings. The van der Waals surface area contributed by atoms with Crippen molar-refractivity contribution in [1.29, 1.82) is 0 Å². The van der Waals surface area contributed by atoms with Crippen LogP contribution in [0.15, 0.2) is 24.0 Å². The van der Waals surface area contributed by atoms with Crippen LogP contribution in [-0.2, 0) is 0 Å². The number of hydrogen-bond acceptors (Lipinski definition) is 5.